The summed E-state index contributed by atoms with van der Waals surface area (Å²) in [6.07, 6.45) is 1.90. The van der Waals surface area contributed by atoms with Crippen LogP contribution in [0.4, 0.5) is 0 Å². The van der Waals surface area contributed by atoms with Crippen LogP contribution in [0.15, 0.2) is 24.4 Å². The summed E-state index contributed by atoms with van der Waals surface area (Å²) in [6, 6.07) is 6.18. The molecular formula is C15H21BN2O2. The zero-order valence-electron chi connectivity index (χ0n) is 12.8. The van der Waals surface area contributed by atoms with Gasteiger partial charge in [-0.3, -0.25) is 4.68 Å². The van der Waals surface area contributed by atoms with E-state index in [4.69, 9.17) is 9.31 Å². The fourth-order valence-corrected chi connectivity index (χ4v) is 2.55. The molecule has 4 nitrogen and oxygen atoms in total. The maximum Gasteiger partial charge on any atom is 0.495 e. The monoisotopic (exact) mass is 272 g/mol. The van der Waals surface area contributed by atoms with Gasteiger partial charge in [-0.15, -0.1) is 0 Å². The SMILES string of the molecule is CCn1ncc2c(B3OC(C)(C)C(C)(C)O3)cccc21. The van der Waals surface area contributed by atoms with E-state index in [1.807, 2.05) is 16.9 Å². The Kier molecular flexibility index (Phi) is 2.96. The second-order valence-corrected chi connectivity index (χ2v) is 6.33. The van der Waals surface area contributed by atoms with E-state index in [0.29, 0.717) is 0 Å². The van der Waals surface area contributed by atoms with E-state index in [1.165, 1.54) is 0 Å². The van der Waals surface area contributed by atoms with Crippen LogP contribution < -0.4 is 5.46 Å². The standard InChI is InChI=1S/C15H21BN2O2/c1-6-18-13-9-7-8-12(11(13)10-17-18)16-19-14(2,3)15(4,5)20-16/h7-10H,6H2,1-5H3. The van der Waals surface area contributed by atoms with Crippen molar-refractivity contribution < 1.29 is 9.31 Å². The average molecular weight is 272 g/mol. The Morgan fingerprint density at radius 2 is 1.80 bits per heavy atom. The molecule has 1 aromatic carbocycles. The van der Waals surface area contributed by atoms with Gasteiger partial charge in [0.1, 0.15) is 0 Å². The van der Waals surface area contributed by atoms with Crippen LogP contribution in [-0.4, -0.2) is 28.1 Å². The molecule has 0 saturated carbocycles. The van der Waals surface area contributed by atoms with E-state index in [2.05, 4.69) is 51.9 Å². The lowest BCUT2D eigenvalue weighted by molar-refractivity contribution is 0.00578. The van der Waals surface area contributed by atoms with Crippen molar-refractivity contribution in [3.8, 4) is 0 Å². The molecule has 0 radical (unpaired) electrons. The maximum absolute atomic E-state index is 6.14. The van der Waals surface area contributed by atoms with E-state index in [1.54, 1.807) is 0 Å². The zero-order chi connectivity index (χ0) is 14.5. The minimum absolute atomic E-state index is 0.319. The van der Waals surface area contributed by atoms with Crippen LogP contribution in [-0.2, 0) is 15.9 Å². The van der Waals surface area contributed by atoms with E-state index >= 15 is 0 Å². The third-order valence-electron chi connectivity index (χ3n) is 4.53. The molecule has 2 aromatic rings. The summed E-state index contributed by atoms with van der Waals surface area (Å²) in [5.41, 5.74) is 1.54. The molecule has 20 heavy (non-hydrogen) atoms. The van der Waals surface area contributed by atoms with Crippen LogP contribution in [0.3, 0.4) is 0 Å². The van der Waals surface area contributed by atoms with Crippen LogP contribution in [0.2, 0.25) is 0 Å². The highest BCUT2D eigenvalue weighted by Crippen LogP contribution is 2.36. The van der Waals surface area contributed by atoms with Gasteiger partial charge in [-0.05, 0) is 46.1 Å². The van der Waals surface area contributed by atoms with Gasteiger partial charge < -0.3 is 9.31 Å². The van der Waals surface area contributed by atoms with Crippen molar-refractivity contribution in [3.63, 3.8) is 0 Å². The molecule has 1 aromatic heterocycles. The van der Waals surface area contributed by atoms with Gasteiger partial charge in [-0.25, -0.2) is 0 Å². The van der Waals surface area contributed by atoms with Crippen molar-refractivity contribution in [1.82, 2.24) is 9.78 Å². The Balaban J connectivity index is 2.06. The minimum Gasteiger partial charge on any atom is -0.399 e. The number of hydrogen-bond acceptors (Lipinski definition) is 3. The second kappa shape index (κ2) is 4.33. The van der Waals surface area contributed by atoms with Crippen LogP contribution >= 0.6 is 0 Å². The van der Waals surface area contributed by atoms with E-state index in [0.717, 1.165) is 22.9 Å². The molecule has 0 bridgehead atoms. The molecule has 2 heterocycles. The number of nitrogens with zero attached hydrogens (tertiary/aromatic N) is 2. The quantitative estimate of drug-likeness (QED) is 0.787. The molecule has 0 aliphatic carbocycles. The van der Waals surface area contributed by atoms with E-state index in [9.17, 15) is 0 Å². The Morgan fingerprint density at radius 1 is 1.15 bits per heavy atom. The molecule has 1 aliphatic heterocycles. The second-order valence-electron chi connectivity index (χ2n) is 6.33. The first-order valence-electron chi connectivity index (χ1n) is 7.16. The summed E-state index contributed by atoms with van der Waals surface area (Å²) < 4.78 is 14.3. The van der Waals surface area contributed by atoms with Gasteiger partial charge in [0, 0.05) is 11.9 Å². The first-order chi connectivity index (χ1) is 9.36. The number of aryl methyl sites for hydroxylation is 1. The molecule has 0 N–H and O–H groups in total. The number of rotatable bonds is 2. The first-order valence-corrected chi connectivity index (χ1v) is 7.16. The third kappa shape index (κ3) is 1.88. The fraction of sp³-hybridized carbons (Fsp3) is 0.533. The molecule has 0 unspecified atom stereocenters. The van der Waals surface area contributed by atoms with Crippen molar-refractivity contribution >= 4 is 23.5 Å². The average Bonchev–Trinajstić information content (AvgIpc) is 2.88. The molecule has 1 aliphatic rings. The first kappa shape index (κ1) is 13.6. The summed E-state index contributed by atoms with van der Waals surface area (Å²) in [5.74, 6) is 0. The van der Waals surface area contributed by atoms with E-state index in [-0.39, 0.29) is 18.3 Å². The number of aromatic nitrogens is 2. The van der Waals surface area contributed by atoms with Gasteiger partial charge in [0.2, 0.25) is 0 Å². The Bertz CT molecular complexity index is 632. The predicted molar refractivity (Wildman–Crippen MR) is 81.1 cm³/mol. The van der Waals surface area contributed by atoms with Crippen molar-refractivity contribution in [2.24, 2.45) is 0 Å². The van der Waals surface area contributed by atoms with Crippen molar-refractivity contribution in [2.45, 2.75) is 52.4 Å². The lowest BCUT2D eigenvalue weighted by Crippen LogP contribution is -2.41. The number of benzene rings is 1. The lowest BCUT2D eigenvalue weighted by atomic mass is 9.77. The summed E-state index contributed by atoms with van der Waals surface area (Å²) in [7, 11) is -0.335. The minimum atomic E-state index is -0.335. The van der Waals surface area contributed by atoms with Crippen LogP contribution in [0.5, 0.6) is 0 Å². The predicted octanol–water partition coefficient (Wildman–Crippen LogP) is 2.36. The number of hydrogen-bond donors (Lipinski definition) is 0. The Morgan fingerprint density at radius 3 is 2.40 bits per heavy atom. The third-order valence-corrected chi connectivity index (χ3v) is 4.53. The van der Waals surface area contributed by atoms with Crippen molar-refractivity contribution in [2.75, 3.05) is 0 Å². The van der Waals surface area contributed by atoms with Crippen LogP contribution in [0.1, 0.15) is 34.6 Å². The normalized spacial score (nSPS) is 20.8. The molecule has 3 rings (SSSR count). The molecule has 0 atom stereocenters. The Hall–Kier alpha value is -1.33. The molecule has 1 saturated heterocycles. The number of fused-ring (bicyclic) bond motifs is 1. The van der Waals surface area contributed by atoms with E-state index < -0.39 is 0 Å². The maximum atomic E-state index is 6.14. The van der Waals surface area contributed by atoms with Crippen molar-refractivity contribution in [3.05, 3.63) is 24.4 Å². The van der Waals surface area contributed by atoms with Gasteiger partial charge in [0.05, 0.1) is 22.9 Å². The van der Waals surface area contributed by atoms with Crippen LogP contribution in [0.25, 0.3) is 10.9 Å². The van der Waals surface area contributed by atoms with Gasteiger partial charge in [0.15, 0.2) is 0 Å². The van der Waals surface area contributed by atoms with Gasteiger partial charge >= 0.3 is 7.12 Å². The summed E-state index contributed by atoms with van der Waals surface area (Å²) >= 11 is 0. The highest BCUT2D eigenvalue weighted by Gasteiger charge is 2.52. The summed E-state index contributed by atoms with van der Waals surface area (Å²) in [6.45, 7) is 11.2. The highest BCUT2D eigenvalue weighted by atomic mass is 16.7. The summed E-state index contributed by atoms with van der Waals surface area (Å²) in [5, 5.41) is 5.53. The van der Waals surface area contributed by atoms with Gasteiger partial charge in [-0.1, -0.05) is 12.1 Å². The lowest BCUT2D eigenvalue weighted by Gasteiger charge is -2.32. The highest BCUT2D eigenvalue weighted by molar-refractivity contribution is 6.65. The fourth-order valence-electron chi connectivity index (χ4n) is 2.55. The Labute approximate surface area is 120 Å². The van der Waals surface area contributed by atoms with Gasteiger partial charge in [0.25, 0.3) is 0 Å². The smallest absolute Gasteiger partial charge is 0.399 e. The molecule has 0 amide bonds. The van der Waals surface area contributed by atoms with Crippen molar-refractivity contribution in [1.29, 1.82) is 0 Å². The molecule has 5 heteroatoms. The molecule has 0 spiro atoms. The topological polar surface area (TPSA) is 36.3 Å². The zero-order valence-corrected chi connectivity index (χ0v) is 12.8. The van der Waals surface area contributed by atoms with Gasteiger partial charge in [-0.2, -0.15) is 5.10 Å². The molecule has 106 valence electrons. The largest absolute Gasteiger partial charge is 0.495 e. The molecular weight excluding hydrogens is 251 g/mol. The summed E-state index contributed by atoms with van der Waals surface area (Å²) in [4.78, 5) is 0. The molecule has 1 fully saturated rings. The van der Waals surface area contributed by atoms with Crippen LogP contribution in [0, 0.1) is 0 Å².